The van der Waals surface area contributed by atoms with Crippen LogP contribution in [-0.2, 0) is 6.54 Å². The van der Waals surface area contributed by atoms with Crippen molar-refractivity contribution in [1.82, 2.24) is 9.78 Å². The summed E-state index contributed by atoms with van der Waals surface area (Å²) in [6, 6.07) is 0. The molecule has 4 nitrogen and oxygen atoms in total. The first-order chi connectivity index (χ1) is 7.22. The zero-order chi connectivity index (χ0) is 10.9. The van der Waals surface area contributed by atoms with E-state index in [4.69, 9.17) is 5.73 Å². The van der Waals surface area contributed by atoms with Crippen molar-refractivity contribution < 1.29 is 5.11 Å². The lowest BCUT2D eigenvalue weighted by Crippen LogP contribution is -2.42. The number of aromatic nitrogens is 2. The fraction of sp³-hybridized carbons (Fsp3) is 0.727. The first kappa shape index (κ1) is 10.6. The van der Waals surface area contributed by atoms with Crippen molar-refractivity contribution in [3.05, 3.63) is 18.0 Å². The molecule has 1 saturated carbocycles. The summed E-state index contributed by atoms with van der Waals surface area (Å²) in [5.41, 5.74) is 6.58. The summed E-state index contributed by atoms with van der Waals surface area (Å²) in [5.74, 6) is 0. The van der Waals surface area contributed by atoms with Crippen LogP contribution >= 0.6 is 0 Å². The van der Waals surface area contributed by atoms with E-state index in [-0.39, 0.29) is 5.41 Å². The third-order valence-electron chi connectivity index (χ3n) is 3.63. The van der Waals surface area contributed by atoms with E-state index in [0.717, 1.165) is 24.9 Å². The summed E-state index contributed by atoms with van der Waals surface area (Å²) in [6.45, 7) is 3.43. The van der Waals surface area contributed by atoms with Gasteiger partial charge in [-0.3, -0.25) is 4.68 Å². The Kier molecular flexibility index (Phi) is 2.80. The number of aliphatic hydroxyl groups excluding tert-OH is 1. The van der Waals surface area contributed by atoms with Crippen LogP contribution in [0, 0.1) is 5.41 Å². The molecule has 3 N–H and O–H groups in total. The molecule has 2 rings (SSSR count). The molecule has 0 aliphatic heterocycles. The minimum absolute atomic E-state index is 0.0817. The van der Waals surface area contributed by atoms with E-state index in [0.29, 0.717) is 6.54 Å². The van der Waals surface area contributed by atoms with Crippen molar-refractivity contribution in [2.45, 2.75) is 38.8 Å². The van der Waals surface area contributed by atoms with E-state index in [2.05, 4.69) is 5.10 Å². The fourth-order valence-corrected chi connectivity index (χ4v) is 2.27. The fourth-order valence-electron chi connectivity index (χ4n) is 2.27. The molecule has 0 bridgehead atoms. The lowest BCUT2D eigenvalue weighted by Gasteiger charge is -2.44. The van der Waals surface area contributed by atoms with Gasteiger partial charge in [-0.05, 0) is 19.8 Å². The van der Waals surface area contributed by atoms with Gasteiger partial charge in [-0.2, -0.15) is 5.10 Å². The average molecular weight is 209 g/mol. The van der Waals surface area contributed by atoms with Gasteiger partial charge in [0.1, 0.15) is 0 Å². The molecule has 1 aliphatic rings. The number of nitrogens with two attached hydrogens (primary N) is 1. The molecule has 1 atom stereocenters. The van der Waals surface area contributed by atoms with E-state index in [1.54, 1.807) is 6.20 Å². The first-order valence-corrected chi connectivity index (χ1v) is 5.62. The smallest absolute Gasteiger partial charge is 0.0888 e. The maximum Gasteiger partial charge on any atom is 0.0888 e. The van der Waals surface area contributed by atoms with Crippen LogP contribution in [0.4, 0.5) is 0 Å². The van der Waals surface area contributed by atoms with Gasteiger partial charge in [0, 0.05) is 30.3 Å². The molecule has 84 valence electrons. The molecular weight excluding hydrogens is 190 g/mol. The second-order valence-electron chi connectivity index (χ2n) is 4.45. The van der Waals surface area contributed by atoms with Gasteiger partial charge >= 0.3 is 0 Å². The van der Waals surface area contributed by atoms with E-state index < -0.39 is 6.10 Å². The maximum atomic E-state index is 10.3. The van der Waals surface area contributed by atoms with Gasteiger partial charge in [0.05, 0.1) is 12.3 Å². The summed E-state index contributed by atoms with van der Waals surface area (Å²) in [7, 11) is 0. The number of nitrogens with zero attached hydrogens (tertiary/aromatic N) is 2. The van der Waals surface area contributed by atoms with Gasteiger partial charge < -0.3 is 10.8 Å². The molecule has 4 heteroatoms. The van der Waals surface area contributed by atoms with E-state index in [1.165, 1.54) is 6.42 Å². The molecule has 1 heterocycles. The monoisotopic (exact) mass is 209 g/mol. The van der Waals surface area contributed by atoms with Crippen LogP contribution in [0.1, 0.15) is 37.9 Å². The second-order valence-corrected chi connectivity index (χ2v) is 4.45. The topological polar surface area (TPSA) is 64.1 Å². The van der Waals surface area contributed by atoms with E-state index >= 15 is 0 Å². The Morgan fingerprint density at radius 3 is 2.80 bits per heavy atom. The Bertz CT molecular complexity index is 325. The Hall–Kier alpha value is -0.870. The second kappa shape index (κ2) is 3.94. The minimum atomic E-state index is -0.448. The van der Waals surface area contributed by atoms with Gasteiger partial charge in [0.25, 0.3) is 0 Å². The Morgan fingerprint density at radius 1 is 1.67 bits per heavy atom. The van der Waals surface area contributed by atoms with Crippen molar-refractivity contribution in [2.75, 3.05) is 6.54 Å². The van der Waals surface area contributed by atoms with Crippen molar-refractivity contribution in [2.24, 2.45) is 11.1 Å². The first-order valence-electron chi connectivity index (χ1n) is 5.62. The highest BCUT2D eigenvalue weighted by atomic mass is 16.3. The molecule has 0 radical (unpaired) electrons. The molecule has 1 aliphatic carbocycles. The average Bonchev–Trinajstić information content (AvgIpc) is 2.64. The standard InChI is InChI=1S/C11H19N3O/c1-2-14-7-9(6-13-14)10(15)11(8-12)4-3-5-11/h6-7,10,15H,2-5,8,12H2,1H3/t10-/m0/s1. The Balaban J connectivity index is 2.15. The highest BCUT2D eigenvalue weighted by Crippen LogP contribution is 2.49. The highest BCUT2D eigenvalue weighted by molar-refractivity contribution is 5.14. The third-order valence-corrected chi connectivity index (χ3v) is 3.63. The lowest BCUT2D eigenvalue weighted by molar-refractivity contribution is -0.0297. The van der Waals surface area contributed by atoms with Crippen LogP contribution in [0.2, 0.25) is 0 Å². The predicted molar refractivity (Wildman–Crippen MR) is 58.2 cm³/mol. The summed E-state index contributed by atoms with van der Waals surface area (Å²) < 4.78 is 1.83. The third kappa shape index (κ3) is 1.68. The largest absolute Gasteiger partial charge is 0.388 e. The Morgan fingerprint density at radius 2 is 2.40 bits per heavy atom. The number of hydrogen-bond donors (Lipinski definition) is 2. The molecule has 1 aromatic heterocycles. The van der Waals surface area contributed by atoms with Crippen LogP contribution in [-0.4, -0.2) is 21.4 Å². The van der Waals surface area contributed by atoms with Gasteiger partial charge in [-0.15, -0.1) is 0 Å². The minimum Gasteiger partial charge on any atom is -0.388 e. The zero-order valence-corrected chi connectivity index (χ0v) is 9.19. The van der Waals surface area contributed by atoms with Gasteiger partial charge in [0.15, 0.2) is 0 Å². The zero-order valence-electron chi connectivity index (χ0n) is 9.19. The quantitative estimate of drug-likeness (QED) is 0.779. The van der Waals surface area contributed by atoms with Crippen molar-refractivity contribution in [3.63, 3.8) is 0 Å². The van der Waals surface area contributed by atoms with Gasteiger partial charge in [0.2, 0.25) is 0 Å². The maximum absolute atomic E-state index is 10.3. The predicted octanol–water partition coefficient (Wildman–Crippen LogP) is 1.07. The normalized spacial score (nSPS) is 21.0. The molecule has 1 aromatic rings. The van der Waals surface area contributed by atoms with E-state index in [1.807, 2.05) is 17.8 Å². The van der Waals surface area contributed by atoms with Crippen molar-refractivity contribution in [3.8, 4) is 0 Å². The lowest BCUT2D eigenvalue weighted by atomic mass is 9.64. The molecule has 0 aromatic carbocycles. The van der Waals surface area contributed by atoms with Crippen molar-refractivity contribution >= 4 is 0 Å². The Labute approximate surface area is 90.1 Å². The van der Waals surface area contributed by atoms with Gasteiger partial charge in [-0.1, -0.05) is 6.42 Å². The number of aliphatic hydroxyl groups is 1. The van der Waals surface area contributed by atoms with Crippen molar-refractivity contribution in [1.29, 1.82) is 0 Å². The SMILES string of the molecule is CCn1cc([C@H](O)C2(CN)CCC2)cn1. The van der Waals surface area contributed by atoms with Crippen LogP contribution in [0.5, 0.6) is 0 Å². The van der Waals surface area contributed by atoms with E-state index in [9.17, 15) is 5.11 Å². The highest BCUT2D eigenvalue weighted by Gasteiger charge is 2.43. The number of hydrogen-bond acceptors (Lipinski definition) is 3. The number of aryl methyl sites for hydroxylation is 1. The molecular formula is C11H19N3O. The molecule has 0 unspecified atom stereocenters. The van der Waals surface area contributed by atoms with Crippen LogP contribution in [0.3, 0.4) is 0 Å². The molecule has 1 fully saturated rings. The summed E-state index contributed by atoms with van der Waals surface area (Å²) >= 11 is 0. The van der Waals surface area contributed by atoms with Crippen LogP contribution in [0.15, 0.2) is 12.4 Å². The molecule has 15 heavy (non-hydrogen) atoms. The summed E-state index contributed by atoms with van der Waals surface area (Å²) in [5, 5.41) is 14.4. The number of rotatable bonds is 4. The van der Waals surface area contributed by atoms with Crippen LogP contribution in [0.25, 0.3) is 0 Å². The molecule has 0 saturated heterocycles. The van der Waals surface area contributed by atoms with Crippen LogP contribution < -0.4 is 5.73 Å². The van der Waals surface area contributed by atoms with Gasteiger partial charge in [-0.25, -0.2) is 0 Å². The molecule has 0 amide bonds. The summed E-state index contributed by atoms with van der Waals surface area (Å²) in [6.07, 6.45) is 6.46. The summed E-state index contributed by atoms with van der Waals surface area (Å²) in [4.78, 5) is 0. The molecule has 0 spiro atoms.